The van der Waals surface area contributed by atoms with Gasteiger partial charge in [-0.25, -0.2) is 0 Å². The third kappa shape index (κ3) is 6.34. The fraction of sp³-hybridized carbons (Fsp3) is 0.625. The van der Waals surface area contributed by atoms with E-state index < -0.39 is 0 Å². The fourth-order valence-corrected chi connectivity index (χ4v) is 2.59. The zero-order valence-electron chi connectivity index (χ0n) is 12.6. The molecule has 0 spiro atoms. The molecule has 20 heavy (non-hydrogen) atoms. The van der Waals surface area contributed by atoms with Crippen LogP contribution in [-0.2, 0) is 6.54 Å². The SMILES string of the molecule is CCCCCCNCc1cc(Cl)c(OC(C)C)c(Cl)c1. The molecule has 0 unspecified atom stereocenters. The maximum Gasteiger partial charge on any atom is 0.156 e. The van der Waals surface area contributed by atoms with Crippen molar-refractivity contribution in [3.63, 3.8) is 0 Å². The largest absolute Gasteiger partial charge is 0.488 e. The molecule has 0 atom stereocenters. The van der Waals surface area contributed by atoms with Gasteiger partial charge in [-0.05, 0) is 44.5 Å². The Balaban J connectivity index is 2.47. The number of benzene rings is 1. The predicted octanol–water partition coefficient (Wildman–Crippen LogP) is 5.45. The first-order valence-corrected chi connectivity index (χ1v) is 8.15. The number of hydrogen-bond acceptors (Lipinski definition) is 2. The van der Waals surface area contributed by atoms with Crippen LogP contribution in [-0.4, -0.2) is 12.6 Å². The maximum atomic E-state index is 6.22. The molecule has 0 aliphatic carbocycles. The van der Waals surface area contributed by atoms with Crippen molar-refractivity contribution in [1.29, 1.82) is 0 Å². The maximum absolute atomic E-state index is 6.22. The highest BCUT2D eigenvalue weighted by Crippen LogP contribution is 2.34. The number of hydrogen-bond donors (Lipinski definition) is 1. The highest BCUT2D eigenvalue weighted by molar-refractivity contribution is 6.37. The molecule has 2 nitrogen and oxygen atoms in total. The van der Waals surface area contributed by atoms with Crippen LogP contribution in [0.5, 0.6) is 5.75 Å². The molecule has 0 amide bonds. The van der Waals surface area contributed by atoms with Crippen LogP contribution in [0.2, 0.25) is 10.0 Å². The Bertz CT molecular complexity index is 384. The third-order valence-corrected chi connectivity index (χ3v) is 3.51. The molecule has 0 aliphatic heterocycles. The van der Waals surface area contributed by atoms with E-state index in [1.54, 1.807) is 0 Å². The van der Waals surface area contributed by atoms with Gasteiger partial charge in [0.1, 0.15) is 0 Å². The van der Waals surface area contributed by atoms with E-state index in [2.05, 4.69) is 12.2 Å². The molecule has 0 heterocycles. The monoisotopic (exact) mass is 317 g/mol. The summed E-state index contributed by atoms with van der Waals surface area (Å²) in [5, 5.41) is 4.57. The molecule has 0 bridgehead atoms. The number of nitrogens with one attached hydrogen (secondary N) is 1. The van der Waals surface area contributed by atoms with Gasteiger partial charge in [-0.1, -0.05) is 49.4 Å². The minimum atomic E-state index is 0.0625. The standard InChI is InChI=1S/C16H25Cl2NO/c1-4-5-6-7-8-19-11-13-9-14(17)16(15(18)10-13)20-12(2)3/h9-10,12,19H,4-8,11H2,1-3H3. The van der Waals surface area contributed by atoms with E-state index in [1.165, 1.54) is 25.7 Å². The first-order chi connectivity index (χ1) is 9.54. The summed E-state index contributed by atoms with van der Waals surface area (Å²) in [6.45, 7) is 7.95. The first kappa shape index (κ1) is 17.6. The molecule has 4 heteroatoms. The van der Waals surface area contributed by atoms with E-state index in [1.807, 2.05) is 26.0 Å². The smallest absolute Gasteiger partial charge is 0.156 e. The summed E-state index contributed by atoms with van der Waals surface area (Å²) in [4.78, 5) is 0. The van der Waals surface area contributed by atoms with Gasteiger partial charge in [0.05, 0.1) is 16.1 Å². The van der Waals surface area contributed by atoms with Gasteiger partial charge in [-0.15, -0.1) is 0 Å². The fourth-order valence-electron chi connectivity index (χ4n) is 1.97. The molecular formula is C16H25Cl2NO. The zero-order valence-corrected chi connectivity index (χ0v) is 14.2. The first-order valence-electron chi connectivity index (χ1n) is 7.39. The normalized spacial score (nSPS) is 11.1. The van der Waals surface area contributed by atoms with E-state index in [0.717, 1.165) is 18.7 Å². The van der Waals surface area contributed by atoms with Gasteiger partial charge in [0, 0.05) is 6.54 Å². The highest BCUT2D eigenvalue weighted by Gasteiger charge is 2.11. The average Bonchev–Trinajstić information content (AvgIpc) is 2.38. The van der Waals surface area contributed by atoms with Gasteiger partial charge >= 0.3 is 0 Å². The Hall–Kier alpha value is -0.440. The Labute approximate surface area is 132 Å². The van der Waals surface area contributed by atoms with E-state index in [-0.39, 0.29) is 6.10 Å². The lowest BCUT2D eigenvalue weighted by molar-refractivity contribution is 0.242. The van der Waals surface area contributed by atoms with E-state index in [9.17, 15) is 0 Å². The predicted molar refractivity (Wildman–Crippen MR) is 88.1 cm³/mol. The van der Waals surface area contributed by atoms with Crippen molar-refractivity contribution in [2.24, 2.45) is 0 Å². The average molecular weight is 318 g/mol. The van der Waals surface area contributed by atoms with Gasteiger partial charge in [-0.2, -0.15) is 0 Å². The van der Waals surface area contributed by atoms with Gasteiger partial charge in [0.25, 0.3) is 0 Å². The molecule has 114 valence electrons. The highest BCUT2D eigenvalue weighted by atomic mass is 35.5. The molecule has 0 radical (unpaired) electrons. The third-order valence-electron chi connectivity index (χ3n) is 2.95. The second-order valence-corrected chi connectivity index (χ2v) is 6.11. The quantitative estimate of drug-likeness (QED) is 0.611. The van der Waals surface area contributed by atoms with Crippen LogP contribution in [0.3, 0.4) is 0 Å². The van der Waals surface area contributed by atoms with Crippen LogP contribution in [0.4, 0.5) is 0 Å². The topological polar surface area (TPSA) is 21.3 Å². The van der Waals surface area contributed by atoms with Crippen molar-refractivity contribution in [1.82, 2.24) is 5.32 Å². The molecule has 0 aromatic heterocycles. The number of halogens is 2. The van der Waals surface area contributed by atoms with Crippen molar-refractivity contribution in [3.05, 3.63) is 27.7 Å². The molecule has 1 aromatic rings. The number of rotatable bonds is 9. The van der Waals surface area contributed by atoms with Crippen molar-refractivity contribution < 1.29 is 4.74 Å². The zero-order chi connectivity index (χ0) is 15.0. The molecule has 0 saturated heterocycles. The lowest BCUT2D eigenvalue weighted by Crippen LogP contribution is -2.15. The van der Waals surface area contributed by atoms with Gasteiger partial charge in [0.2, 0.25) is 0 Å². The second-order valence-electron chi connectivity index (χ2n) is 5.29. The van der Waals surface area contributed by atoms with Crippen molar-refractivity contribution in [2.75, 3.05) is 6.54 Å². The van der Waals surface area contributed by atoms with Crippen LogP contribution in [0.25, 0.3) is 0 Å². The molecular weight excluding hydrogens is 293 g/mol. The lowest BCUT2D eigenvalue weighted by atomic mass is 10.2. The van der Waals surface area contributed by atoms with Crippen molar-refractivity contribution >= 4 is 23.2 Å². The van der Waals surface area contributed by atoms with Crippen LogP contribution in [0, 0.1) is 0 Å². The van der Waals surface area contributed by atoms with Crippen LogP contribution in [0.15, 0.2) is 12.1 Å². The molecule has 0 saturated carbocycles. The second kappa shape index (κ2) is 9.49. The summed E-state index contributed by atoms with van der Waals surface area (Å²) in [6, 6.07) is 3.84. The summed E-state index contributed by atoms with van der Waals surface area (Å²) in [6.07, 6.45) is 5.13. The number of ether oxygens (including phenoxy) is 1. The summed E-state index contributed by atoms with van der Waals surface area (Å²) < 4.78 is 5.62. The molecule has 0 aliphatic rings. The number of unbranched alkanes of at least 4 members (excludes halogenated alkanes) is 3. The molecule has 1 rings (SSSR count). The van der Waals surface area contributed by atoms with E-state index in [0.29, 0.717) is 15.8 Å². The summed E-state index contributed by atoms with van der Waals surface area (Å²) in [7, 11) is 0. The van der Waals surface area contributed by atoms with Crippen LogP contribution in [0.1, 0.15) is 52.0 Å². The van der Waals surface area contributed by atoms with Gasteiger partial charge in [-0.3, -0.25) is 0 Å². The Kier molecular flexibility index (Phi) is 8.35. The van der Waals surface area contributed by atoms with Crippen LogP contribution < -0.4 is 10.1 Å². The van der Waals surface area contributed by atoms with Gasteiger partial charge < -0.3 is 10.1 Å². The van der Waals surface area contributed by atoms with E-state index >= 15 is 0 Å². The minimum Gasteiger partial charge on any atom is -0.488 e. The van der Waals surface area contributed by atoms with E-state index in [4.69, 9.17) is 27.9 Å². The molecule has 1 aromatic carbocycles. The Morgan fingerprint density at radius 2 is 1.75 bits per heavy atom. The van der Waals surface area contributed by atoms with Crippen molar-refractivity contribution in [3.8, 4) is 5.75 Å². The Morgan fingerprint density at radius 3 is 2.30 bits per heavy atom. The lowest BCUT2D eigenvalue weighted by Gasteiger charge is -2.14. The Morgan fingerprint density at radius 1 is 1.10 bits per heavy atom. The summed E-state index contributed by atoms with van der Waals surface area (Å²) in [5.41, 5.74) is 1.09. The summed E-state index contributed by atoms with van der Waals surface area (Å²) >= 11 is 12.4. The molecule has 1 N–H and O–H groups in total. The van der Waals surface area contributed by atoms with Gasteiger partial charge in [0.15, 0.2) is 5.75 Å². The van der Waals surface area contributed by atoms with Crippen molar-refractivity contribution in [2.45, 2.75) is 59.1 Å². The van der Waals surface area contributed by atoms with Crippen LogP contribution >= 0.6 is 23.2 Å². The minimum absolute atomic E-state index is 0.0625. The molecule has 0 fully saturated rings. The summed E-state index contributed by atoms with van der Waals surface area (Å²) in [5.74, 6) is 0.579.